The number of hydrogen-bond donors (Lipinski definition) is 1. The van der Waals surface area contributed by atoms with Crippen LogP contribution < -0.4 is 10.7 Å². The van der Waals surface area contributed by atoms with E-state index in [1.807, 2.05) is 12.1 Å². The summed E-state index contributed by atoms with van der Waals surface area (Å²) in [6.45, 7) is 2.99. The molecule has 0 aliphatic carbocycles. The van der Waals surface area contributed by atoms with Crippen LogP contribution in [-0.4, -0.2) is 17.0 Å². The molecule has 0 saturated carbocycles. The van der Waals surface area contributed by atoms with Crippen LogP contribution in [0.15, 0.2) is 39.7 Å². The van der Waals surface area contributed by atoms with Crippen LogP contribution in [0, 0.1) is 0 Å². The molecule has 1 aromatic heterocycles. The SMILES string of the molecule is CCCCNC(=O)Cn1ccc(=O)c2ccc(Br)cc21. The van der Waals surface area contributed by atoms with E-state index in [0.717, 1.165) is 22.8 Å². The van der Waals surface area contributed by atoms with Gasteiger partial charge in [0.25, 0.3) is 0 Å². The van der Waals surface area contributed by atoms with Crippen molar-refractivity contribution in [3.63, 3.8) is 0 Å². The van der Waals surface area contributed by atoms with Crippen LogP contribution in [0.5, 0.6) is 0 Å². The fraction of sp³-hybridized carbons (Fsp3) is 0.333. The Morgan fingerprint density at radius 2 is 2.15 bits per heavy atom. The molecule has 0 fully saturated rings. The Morgan fingerprint density at radius 1 is 1.35 bits per heavy atom. The van der Waals surface area contributed by atoms with Gasteiger partial charge in [0.2, 0.25) is 5.91 Å². The van der Waals surface area contributed by atoms with E-state index in [2.05, 4.69) is 28.2 Å². The summed E-state index contributed by atoms with van der Waals surface area (Å²) in [4.78, 5) is 23.7. The van der Waals surface area contributed by atoms with E-state index in [-0.39, 0.29) is 17.9 Å². The summed E-state index contributed by atoms with van der Waals surface area (Å²) in [5.41, 5.74) is 0.729. The highest BCUT2D eigenvalue weighted by atomic mass is 79.9. The molecule has 5 heteroatoms. The van der Waals surface area contributed by atoms with Crippen LogP contribution in [0.4, 0.5) is 0 Å². The summed E-state index contributed by atoms with van der Waals surface area (Å²) < 4.78 is 2.68. The fourth-order valence-electron chi connectivity index (χ4n) is 2.03. The molecule has 0 unspecified atom stereocenters. The van der Waals surface area contributed by atoms with Crippen molar-refractivity contribution in [2.45, 2.75) is 26.3 Å². The Morgan fingerprint density at radius 3 is 2.90 bits per heavy atom. The first-order chi connectivity index (χ1) is 9.61. The van der Waals surface area contributed by atoms with E-state index >= 15 is 0 Å². The third kappa shape index (κ3) is 3.48. The summed E-state index contributed by atoms with van der Waals surface area (Å²) in [5.74, 6) is -0.0385. The molecule has 0 saturated heterocycles. The molecule has 1 heterocycles. The maximum atomic E-state index is 11.9. The topological polar surface area (TPSA) is 51.1 Å². The van der Waals surface area contributed by atoms with Gasteiger partial charge in [0.1, 0.15) is 6.54 Å². The van der Waals surface area contributed by atoms with Gasteiger partial charge in [0.15, 0.2) is 5.43 Å². The van der Waals surface area contributed by atoms with Crippen LogP contribution in [0.1, 0.15) is 19.8 Å². The van der Waals surface area contributed by atoms with Crippen molar-refractivity contribution in [3.05, 3.63) is 45.2 Å². The lowest BCUT2D eigenvalue weighted by atomic mass is 10.2. The van der Waals surface area contributed by atoms with Gasteiger partial charge >= 0.3 is 0 Å². The predicted octanol–water partition coefficient (Wildman–Crippen LogP) is 2.68. The molecule has 1 N–H and O–H groups in total. The Labute approximate surface area is 125 Å². The van der Waals surface area contributed by atoms with Crippen LogP contribution in [0.2, 0.25) is 0 Å². The van der Waals surface area contributed by atoms with Gasteiger partial charge in [-0.05, 0) is 24.6 Å². The Bertz CT molecular complexity index is 679. The average Bonchev–Trinajstić information content (AvgIpc) is 2.42. The first-order valence-corrected chi connectivity index (χ1v) is 7.46. The van der Waals surface area contributed by atoms with Crippen LogP contribution in [0.3, 0.4) is 0 Å². The van der Waals surface area contributed by atoms with Gasteiger partial charge in [-0.3, -0.25) is 9.59 Å². The Balaban J connectivity index is 2.26. The molecule has 0 aliphatic rings. The lowest BCUT2D eigenvalue weighted by Crippen LogP contribution is -2.28. The van der Waals surface area contributed by atoms with Crippen LogP contribution in [0.25, 0.3) is 10.9 Å². The van der Waals surface area contributed by atoms with Crippen molar-refractivity contribution in [1.29, 1.82) is 0 Å². The number of pyridine rings is 1. The second kappa shape index (κ2) is 6.70. The highest BCUT2D eigenvalue weighted by Gasteiger charge is 2.07. The number of aromatic nitrogens is 1. The summed E-state index contributed by atoms with van der Waals surface area (Å²) >= 11 is 3.39. The average molecular weight is 337 g/mol. The molecule has 20 heavy (non-hydrogen) atoms. The van der Waals surface area contributed by atoms with E-state index in [9.17, 15) is 9.59 Å². The highest BCUT2D eigenvalue weighted by molar-refractivity contribution is 9.10. The number of unbranched alkanes of at least 4 members (excludes halogenated alkanes) is 1. The maximum Gasteiger partial charge on any atom is 0.239 e. The van der Waals surface area contributed by atoms with E-state index in [4.69, 9.17) is 0 Å². The number of rotatable bonds is 5. The first-order valence-electron chi connectivity index (χ1n) is 6.67. The summed E-state index contributed by atoms with van der Waals surface area (Å²) in [6.07, 6.45) is 3.69. The quantitative estimate of drug-likeness (QED) is 0.853. The van der Waals surface area contributed by atoms with Gasteiger partial charge in [-0.25, -0.2) is 0 Å². The minimum atomic E-state index is -0.0385. The number of amides is 1. The van der Waals surface area contributed by atoms with Crippen molar-refractivity contribution >= 4 is 32.7 Å². The molecule has 0 atom stereocenters. The molecule has 1 amide bonds. The molecule has 2 rings (SSSR count). The van der Waals surface area contributed by atoms with Crippen molar-refractivity contribution < 1.29 is 4.79 Å². The lowest BCUT2D eigenvalue weighted by molar-refractivity contribution is -0.121. The van der Waals surface area contributed by atoms with E-state index in [1.165, 1.54) is 6.07 Å². The van der Waals surface area contributed by atoms with Crippen LogP contribution in [-0.2, 0) is 11.3 Å². The molecular formula is C15H17BrN2O2. The Hall–Kier alpha value is -1.62. The predicted molar refractivity (Wildman–Crippen MR) is 83.8 cm³/mol. The number of halogens is 1. The minimum absolute atomic E-state index is 0.0323. The summed E-state index contributed by atoms with van der Waals surface area (Å²) in [7, 11) is 0. The monoisotopic (exact) mass is 336 g/mol. The molecule has 4 nitrogen and oxygen atoms in total. The zero-order valence-electron chi connectivity index (χ0n) is 11.4. The number of nitrogens with one attached hydrogen (secondary N) is 1. The van der Waals surface area contributed by atoms with Gasteiger partial charge in [-0.15, -0.1) is 0 Å². The smallest absolute Gasteiger partial charge is 0.239 e. The van der Waals surface area contributed by atoms with Gasteiger partial charge < -0.3 is 9.88 Å². The number of carbonyl (C=O) groups excluding carboxylic acids is 1. The zero-order valence-corrected chi connectivity index (χ0v) is 12.9. The second-order valence-electron chi connectivity index (χ2n) is 4.67. The molecule has 0 bridgehead atoms. The fourth-order valence-corrected chi connectivity index (χ4v) is 2.38. The lowest BCUT2D eigenvalue weighted by Gasteiger charge is -2.11. The zero-order chi connectivity index (χ0) is 14.5. The molecular weight excluding hydrogens is 320 g/mol. The number of benzene rings is 1. The first kappa shape index (κ1) is 14.8. The molecule has 106 valence electrons. The van der Waals surface area contributed by atoms with Crippen LogP contribution >= 0.6 is 15.9 Å². The molecule has 1 aromatic carbocycles. The normalized spacial score (nSPS) is 10.7. The second-order valence-corrected chi connectivity index (χ2v) is 5.59. The molecule has 0 spiro atoms. The van der Waals surface area contributed by atoms with Crippen molar-refractivity contribution in [2.75, 3.05) is 6.54 Å². The van der Waals surface area contributed by atoms with Crippen molar-refractivity contribution in [3.8, 4) is 0 Å². The van der Waals surface area contributed by atoms with E-state index < -0.39 is 0 Å². The number of carbonyl (C=O) groups is 1. The van der Waals surface area contributed by atoms with E-state index in [0.29, 0.717) is 11.9 Å². The number of hydrogen-bond acceptors (Lipinski definition) is 2. The van der Waals surface area contributed by atoms with E-state index in [1.54, 1.807) is 16.8 Å². The minimum Gasteiger partial charge on any atom is -0.355 e. The van der Waals surface area contributed by atoms with Crippen molar-refractivity contribution in [2.24, 2.45) is 0 Å². The van der Waals surface area contributed by atoms with Crippen molar-refractivity contribution in [1.82, 2.24) is 9.88 Å². The van der Waals surface area contributed by atoms with Gasteiger partial charge in [0.05, 0.1) is 5.52 Å². The largest absolute Gasteiger partial charge is 0.355 e. The third-order valence-corrected chi connectivity index (χ3v) is 3.60. The van der Waals surface area contributed by atoms with Gasteiger partial charge in [0, 0.05) is 28.7 Å². The maximum absolute atomic E-state index is 11.9. The van der Waals surface area contributed by atoms with Gasteiger partial charge in [-0.1, -0.05) is 29.3 Å². The van der Waals surface area contributed by atoms with Gasteiger partial charge in [-0.2, -0.15) is 0 Å². The molecule has 0 radical (unpaired) electrons. The Kier molecular flexibility index (Phi) is 4.95. The number of fused-ring (bicyclic) bond motifs is 1. The summed E-state index contributed by atoms with van der Waals surface area (Å²) in [5, 5.41) is 3.50. The molecule has 0 aliphatic heterocycles. The standard InChI is InChI=1S/C15H17BrN2O2/c1-2-3-7-17-15(20)10-18-8-6-14(19)12-5-4-11(16)9-13(12)18/h4-6,8-9H,2-3,7,10H2,1H3,(H,17,20). The number of nitrogens with zero attached hydrogens (tertiary/aromatic N) is 1. The molecule has 2 aromatic rings. The summed E-state index contributed by atoms with van der Waals surface area (Å²) in [6, 6.07) is 6.95. The third-order valence-electron chi connectivity index (χ3n) is 3.11. The highest BCUT2D eigenvalue weighted by Crippen LogP contribution is 2.17.